The van der Waals surface area contributed by atoms with E-state index in [-0.39, 0.29) is 18.4 Å². The summed E-state index contributed by atoms with van der Waals surface area (Å²) in [7, 11) is 0. The number of aliphatic hydroxyl groups is 1. The lowest BCUT2D eigenvalue weighted by molar-refractivity contribution is 0.101. The monoisotopic (exact) mass is 290 g/mol. The van der Waals surface area contributed by atoms with Gasteiger partial charge in [0.25, 0.3) is 0 Å². The predicted molar refractivity (Wildman–Crippen MR) is 81.4 cm³/mol. The predicted octanol–water partition coefficient (Wildman–Crippen LogP) is 2.56. The Hall–Kier alpha value is -1.88. The van der Waals surface area contributed by atoms with Crippen LogP contribution in [0.25, 0.3) is 0 Å². The van der Waals surface area contributed by atoms with Crippen LogP contribution in [0.3, 0.4) is 0 Å². The molecule has 1 aromatic rings. The van der Waals surface area contributed by atoms with Crippen molar-refractivity contribution in [1.82, 2.24) is 5.32 Å². The van der Waals surface area contributed by atoms with Crippen molar-refractivity contribution in [2.24, 2.45) is 5.92 Å². The minimum absolute atomic E-state index is 0.0456. The fraction of sp³-hybridized carbons (Fsp3) is 0.500. The topological polar surface area (TPSA) is 78.4 Å². The number of rotatable bonds is 5. The van der Waals surface area contributed by atoms with Crippen LogP contribution in [0.5, 0.6) is 0 Å². The van der Waals surface area contributed by atoms with Crippen molar-refractivity contribution in [2.45, 2.75) is 38.7 Å². The van der Waals surface area contributed by atoms with Crippen molar-refractivity contribution >= 4 is 17.5 Å². The highest BCUT2D eigenvalue weighted by Gasteiger charge is 2.23. The molecule has 114 valence electrons. The number of nitrogens with one attached hydrogen (secondary N) is 2. The van der Waals surface area contributed by atoms with Crippen LogP contribution in [-0.2, 0) is 0 Å². The summed E-state index contributed by atoms with van der Waals surface area (Å²) in [6.45, 7) is 1.74. The molecule has 0 aliphatic heterocycles. The van der Waals surface area contributed by atoms with Gasteiger partial charge in [-0.15, -0.1) is 0 Å². The van der Waals surface area contributed by atoms with Crippen LogP contribution < -0.4 is 10.6 Å². The van der Waals surface area contributed by atoms with Crippen LogP contribution in [-0.4, -0.2) is 29.6 Å². The van der Waals surface area contributed by atoms with Gasteiger partial charge < -0.3 is 15.7 Å². The fourth-order valence-electron chi connectivity index (χ4n) is 2.70. The van der Waals surface area contributed by atoms with Crippen molar-refractivity contribution < 1.29 is 14.7 Å². The van der Waals surface area contributed by atoms with Gasteiger partial charge in [0.15, 0.2) is 5.78 Å². The largest absolute Gasteiger partial charge is 0.391 e. The minimum Gasteiger partial charge on any atom is -0.391 e. The lowest BCUT2D eigenvalue weighted by Crippen LogP contribution is -2.38. The number of hydrogen-bond donors (Lipinski definition) is 3. The quantitative estimate of drug-likeness (QED) is 0.729. The molecule has 0 radical (unpaired) electrons. The van der Waals surface area contributed by atoms with E-state index >= 15 is 0 Å². The number of urea groups is 1. The summed E-state index contributed by atoms with van der Waals surface area (Å²) in [5.74, 6) is 0.252. The van der Waals surface area contributed by atoms with Crippen LogP contribution in [0.2, 0.25) is 0 Å². The molecule has 1 aliphatic carbocycles. The van der Waals surface area contributed by atoms with Gasteiger partial charge in [-0.2, -0.15) is 0 Å². The molecule has 1 atom stereocenters. The summed E-state index contributed by atoms with van der Waals surface area (Å²) in [6, 6.07) is 6.41. The zero-order chi connectivity index (χ0) is 15.2. The van der Waals surface area contributed by atoms with Gasteiger partial charge in [-0.25, -0.2) is 4.79 Å². The van der Waals surface area contributed by atoms with Crippen LogP contribution >= 0.6 is 0 Å². The highest BCUT2D eigenvalue weighted by molar-refractivity contribution is 5.96. The molecule has 1 fully saturated rings. The number of carbonyl (C=O) groups excluding carboxylic acids is 2. The van der Waals surface area contributed by atoms with E-state index in [2.05, 4.69) is 10.6 Å². The Labute approximate surface area is 124 Å². The molecule has 5 heteroatoms. The highest BCUT2D eigenvalue weighted by Crippen LogP contribution is 2.27. The number of Topliss-reactive ketones (excluding diaryl/α,β-unsaturated/α-hetero) is 1. The summed E-state index contributed by atoms with van der Waals surface area (Å²) in [5, 5.41) is 15.3. The molecule has 0 heterocycles. The maximum absolute atomic E-state index is 11.8. The average molecular weight is 290 g/mol. The van der Waals surface area contributed by atoms with E-state index in [1.54, 1.807) is 24.3 Å². The molecule has 1 unspecified atom stereocenters. The standard InChI is InChI=1S/C16H22N2O3/c1-11(19)13-7-4-8-14(9-13)18-16(21)17-10-15(20)12-5-2-3-6-12/h4,7-9,12,15,20H,2-3,5-6,10H2,1H3,(H2,17,18,21). The molecular weight excluding hydrogens is 268 g/mol. The van der Waals surface area contributed by atoms with E-state index in [0.717, 1.165) is 25.7 Å². The summed E-state index contributed by atoms with van der Waals surface area (Å²) in [5.41, 5.74) is 1.12. The zero-order valence-corrected chi connectivity index (χ0v) is 12.3. The first-order valence-corrected chi connectivity index (χ1v) is 7.40. The number of hydrogen-bond acceptors (Lipinski definition) is 3. The van der Waals surface area contributed by atoms with Gasteiger partial charge in [-0.05, 0) is 37.8 Å². The van der Waals surface area contributed by atoms with E-state index in [0.29, 0.717) is 17.2 Å². The van der Waals surface area contributed by atoms with Crippen LogP contribution in [0, 0.1) is 5.92 Å². The van der Waals surface area contributed by atoms with Gasteiger partial charge in [0.1, 0.15) is 0 Å². The molecule has 1 aromatic carbocycles. The maximum Gasteiger partial charge on any atom is 0.319 e. The first-order chi connectivity index (χ1) is 10.1. The Kier molecular flexibility index (Phi) is 5.33. The van der Waals surface area contributed by atoms with Gasteiger partial charge in [-0.1, -0.05) is 25.0 Å². The maximum atomic E-state index is 11.8. The van der Waals surface area contributed by atoms with Gasteiger partial charge in [-0.3, -0.25) is 4.79 Å². The molecule has 0 aromatic heterocycles. The van der Waals surface area contributed by atoms with Crippen LogP contribution in [0.1, 0.15) is 43.0 Å². The number of carbonyl (C=O) groups is 2. The van der Waals surface area contributed by atoms with Crippen molar-refractivity contribution in [2.75, 3.05) is 11.9 Å². The lowest BCUT2D eigenvalue weighted by atomic mass is 10.0. The zero-order valence-electron chi connectivity index (χ0n) is 12.3. The smallest absolute Gasteiger partial charge is 0.319 e. The Balaban J connectivity index is 1.81. The van der Waals surface area contributed by atoms with Crippen molar-refractivity contribution in [3.05, 3.63) is 29.8 Å². The third kappa shape index (κ3) is 4.56. The molecule has 0 spiro atoms. The van der Waals surface area contributed by atoms with Crippen molar-refractivity contribution in [3.8, 4) is 0 Å². The molecule has 1 aliphatic rings. The van der Waals surface area contributed by atoms with E-state index in [1.807, 2.05) is 0 Å². The van der Waals surface area contributed by atoms with E-state index < -0.39 is 6.10 Å². The van der Waals surface area contributed by atoms with E-state index in [4.69, 9.17) is 0 Å². The highest BCUT2D eigenvalue weighted by atomic mass is 16.3. The Morgan fingerprint density at radius 1 is 1.33 bits per heavy atom. The van der Waals surface area contributed by atoms with E-state index in [9.17, 15) is 14.7 Å². The van der Waals surface area contributed by atoms with Crippen molar-refractivity contribution in [1.29, 1.82) is 0 Å². The molecular formula is C16H22N2O3. The lowest BCUT2D eigenvalue weighted by Gasteiger charge is -2.18. The van der Waals surface area contributed by atoms with Gasteiger partial charge in [0, 0.05) is 17.8 Å². The first-order valence-electron chi connectivity index (χ1n) is 7.40. The van der Waals surface area contributed by atoms with Gasteiger partial charge in [0.2, 0.25) is 0 Å². The third-order valence-corrected chi connectivity index (χ3v) is 3.94. The molecule has 21 heavy (non-hydrogen) atoms. The molecule has 2 rings (SSSR count). The number of amides is 2. The summed E-state index contributed by atoms with van der Waals surface area (Å²) >= 11 is 0. The molecule has 0 saturated heterocycles. The van der Waals surface area contributed by atoms with Gasteiger partial charge >= 0.3 is 6.03 Å². The Bertz CT molecular complexity index is 510. The van der Waals surface area contributed by atoms with Crippen LogP contribution in [0.4, 0.5) is 10.5 Å². The number of ketones is 1. The third-order valence-electron chi connectivity index (χ3n) is 3.94. The fourth-order valence-corrected chi connectivity index (χ4v) is 2.70. The normalized spacial score (nSPS) is 16.5. The molecule has 2 amide bonds. The summed E-state index contributed by atoms with van der Waals surface area (Å²) < 4.78 is 0. The second-order valence-electron chi connectivity index (χ2n) is 5.58. The SMILES string of the molecule is CC(=O)c1cccc(NC(=O)NCC(O)C2CCCC2)c1. The molecule has 5 nitrogen and oxygen atoms in total. The van der Waals surface area contributed by atoms with Gasteiger partial charge in [0.05, 0.1) is 6.10 Å². The first kappa shape index (κ1) is 15.5. The summed E-state index contributed by atoms with van der Waals surface area (Å²) in [6.07, 6.45) is 3.90. The van der Waals surface area contributed by atoms with Crippen LogP contribution in [0.15, 0.2) is 24.3 Å². The molecule has 1 saturated carbocycles. The molecule has 0 bridgehead atoms. The molecule has 3 N–H and O–H groups in total. The van der Waals surface area contributed by atoms with E-state index in [1.165, 1.54) is 6.92 Å². The summed E-state index contributed by atoms with van der Waals surface area (Å²) in [4.78, 5) is 23.1. The number of anilines is 1. The second kappa shape index (κ2) is 7.22. The number of aliphatic hydroxyl groups excluding tert-OH is 1. The second-order valence-corrected chi connectivity index (χ2v) is 5.58. The Morgan fingerprint density at radius 2 is 2.05 bits per heavy atom. The number of benzene rings is 1. The minimum atomic E-state index is -0.484. The Morgan fingerprint density at radius 3 is 2.71 bits per heavy atom. The average Bonchev–Trinajstić information content (AvgIpc) is 2.99. The van der Waals surface area contributed by atoms with Crippen molar-refractivity contribution in [3.63, 3.8) is 0 Å².